The number of hydrogen-bond donors (Lipinski definition) is 1. The summed E-state index contributed by atoms with van der Waals surface area (Å²) in [6.07, 6.45) is 4.31. The van der Waals surface area contributed by atoms with E-state index in [4.69, 9.17) is 0 Å². The summed E-state index contributed by atoms with van der Waals surface area (Å²) in [4.78, 5) is 28.5. The van der Waals surface area contributed by atoms with Gasteiger partial charge in [-0.1, -0.05) is 31.2 Å². The highest BCUT2D eigenvalue weighted by Gasteiger charge is 2.27. The van der Waals surface area contributed by atoms with Crippen LogP contribution in [0.25, 0.3) is 0 Å². The number of amides is 2. The normalized spacial score (nSPS) is 21.9. The van der Waals surface area contributed by atoms with Crippen molar-refractivity contribution in [3.63, 3.8) is 0 Å². The summed E-state index contributed by atoms with van der Waals surface area (Å²) in [5.74, 6) is 0.885. The number of hydrogen-bond acceptors (Lipinski definition) is 3. The number of carbonyl (C=O) groups is 2. The molecule has 2 saturated heterocycles. The standard InChI is InChI=1S/C22H33N3O2/c1-17-9-12-24(13-10-17)15-20-7-4-3-6-19(20)14-23-22(27)21-8-5-11-25(16-21)18(2)26/h3-4,6-7,17,21H,5,8-16H2,1-2H3,(H,23,27)/t21-/m0/s1. The maximum atomic E-state index is 12.6. The van der Waals surface area contributed by atoms with E-state index in [0.717, 1.165) is 44.9 Å². The maximum absolute atomic E-state index is 12.6. The Labute approximate surface area is 163 Å². The Balaban J connectivity index is 1.54. The highest BCUT2D eigenvalue weighted by Crippen LogP contribution is 2.20. The lowest BCUT2D eigenvalue weighted by Crippen LogP contribution is -2.44. The van der Waals surface area contributed by atoms with Crippen molar-refractivity contribution < 1.29 is 9.59 Å². The van der Waals surface area contributed by atoms with E-state index in [1.807, 2.05) is 6.07 Å². The highest BCUT2D eigenvalue weighted by atomic mass is 16.2. The molecule has 0 radical (unpaired) electrons. The second-order valence-electron chi connectivity index (χ2n) is 8.25. The summed E-state index contributed by atoms with van der Waals surface area (Å²) in [6.45, 7) is 9.08. The highest BCUT2D eigenvalue weighted by molar-refractivity contribution is 5.80. The summed E-state index contributed by atoms with van der Waals surface area (Å²) >= 11 is 0. The van der Waals surface area contributed by atoms with Crippen LogP contribution in [0.5, 0.6) is 0 Å². The number of rotatable bonds is 5. The molecule has 2 amide bonds. The summed E-state index contributed by atoms with van der Waals surface area (Å²) in [5.41, 5.74) is 2.50. The lowest BCUT2D eigenvalue weighted by molar-refractivity contribution is -0.134. The molecule has 5 nitrogen and oxygen atoms in total. The number of likely N-dealkylation sites (tertiary alicyclic amines) is 2. The molecule has 0 saturated carbocycles. The van der Waals surface area contributed by atoms with Crippen LogP contribution in [-0.4, -0.2) is 47.8 Å². The van der Waals surface area contributed by atoms with Gasteiger partial charge in [0.2, 0.25) is 11.8 Å². The molecule has 0 bridgehead atoms. The van der Waals surface area contributed by atoms with Crippen molar-refractivity contribution in [2.75, 3.05) is 26.2 Å². The fraction of sp³-hybridized carbons (Fsp3) is 0.636. The molecule has 2 heterocycles. The second-order valence-corrected chi connectivity index (χ2v) is 8.25. The van der Waals surface area contributed by atoms with E-state index in [1.165, 1.54) is 24.0 Å². The van der Waals surface area contributed by atoms with Gasteiger partial charge in [-0.05, 0) is 55.8 Å². The summed E-state index contributed by atoms with van der Waals surface area (Å²) in [6, 6.07) is 8.42. The largest absolute Gasteiger partial charge is 0.352 e. The smallest absolute Gasteiger partial charge is 0.225 e. The number of piperidine rings is 2. The van der Waals surface area contributed by atoms with E-state index in [1.54, 1.807) is 11.8 Å². The molecular weight excluding hydrogens is 338 g/mol. The second kappa shape index (κ2) is 9.36. The molecule has 0 aliphatic carbocycles. The molecular formula is C22H33N3O2. The quantitative estimate of drug-likeness (QED) is 0.866. The third-order valence-corrected chi connectivity index (χ3v) is 6.08. The molecule has 1 atom stereocenters. The Hall–Kier alpha value is -1.88. The molecule has 0 unspecified atom stereocenters. The summed E-state index contributed by atoms with van der Waals surface area (Å²) in [7, 11) is 0. The van der Waals surface area contributed by atoms with E-state index in [0.29, 0.717) is 13.1 Å². The first kappa shape index (κ1) is 19.9. The van der Waals surface area contributed by atoms with Crippen LogP contribution in [0.4, 0.5) is 0 Å². The molecule has 0 aromatic heterocycles. The Bertz CT molecular complexity index is 653. The molecule has 1 aromatic carbocycles. The zero-order chi connectivity index (χ0) is 19.2. The van der Waals surface area contributed by atoms with Crippen LogP contribution in [0.15, 0.2) is 24.3 Å². The fourth-order valence-electron chi connectivity index (χ4n) is 4.15. The fourth-order valence-corrected chi connectivity index (χ4v) is 4.15. The van der Waals surface area contributed by atoms with Gasteiger partial charge < -0.3 is 10.2 Å². The Morgan fingerprint density at radius 2 is 1.78 bits per heavy atom. The van der Waals surface area contributed by atoms with Crippen LogP contribution < -0.4 is 5.32 Å². The van der Waals surface area contributed by atoms with Crippen molar-refractivity contribution in [1.29, 1.82) is 0 Å². The topological polar surface area (TPSA) is 52.7 Å². The lowest BCUT2D eigenvalue weighted by Gasteiger charge is -2.31. The Kier molecular flexibility index (Phi) is 6.89. The van der Waals surface area contributed by atoms with Gasteiger partial charge in [0.25, 0.3) is 0 Å². The molecule has 148 valence electrons. The van der Waals surface area contributed by atoms with Crippen LogP contribution in [-0.2, 0) is 22.7 Å². The predicted molar refractivity (Wildman–Crippen MR) is 107 cm³/mol. The first-order valence-electron chi connectivity index (χ1n) is 10.4. The minimum absolute atomic E-state index is 0.0636. The van der Waals surface area contributed by atoms with Gasteiger partial charge >= 0.3 is 0 Å². The van der Waals surface area contributed by atoms with Crippen LogP contribution in [0.3, 0.4) is 0 Å². The van der Waals surface area contributed by atoms with Crippen molar-refractivity contribution in [2.24, 2.45) is 11.8 Å². The van der Waals surface area contributed by atoms with Gasteiger partial charge in [0.05, 0.1) is 5.92 Å². The molecule has 3 rings (SSSR count). The average molecular weight is 372 g/mol. The van der Waals surface area contributed by atoms with E-state index >= 15 is 0 Å². The number of nitrogens with one attached hydrogen (secondary N) is 1. The van der Waals surface area contributed by atoms with Crippen LogP contribution in [0.1, 0.15) is 50.7 Å². The SMILES string of the molecule is CC(=O)N1CCC[C@H](C(=O)NCc2ccccc2CN2CCC(C)CC2)C1. The van der Waals surface area contributed by atoms with Crippen molar-refractivity contribution in [1.82, 2.24) is 15.1 Å². The first-order chi connectivity index (χ1) is 13.0. The molecule has 2 aliphatic heterocycles. The molecule has 2 fully saturated rings. The average Bonchev–Trinajstić information content (AvgIpc) is 2.69. The number of carbonyl (C=O) groups excluding carboxylic acids is 2. The first-order valence-corrected chi connectivity index (χ1v) is 10.4. The van der Waals surface area contributed by atoms with Crippen molar-refractivity contribution >= 4 is 11.8 Å². The predicted octanol–water partition coefficient (Wildman–Crippen LogP) is 2.79. The van der Waals surface area contributed by atoms with E-state index in [9.17, 15) is 9.59 Å². The van der Waals surface area contributed by atoms with Gasteiger partial charge in [-0.3, -0.25) is 14.5 Å². The maximum Gasteiger partial charge on any atom is 0.225 e. The lowest BCUT2D eigenvalue weighted by atomic mass is 9.96. The summed E-state index contributed by atoms with van der Waals surface area (Å²) < 4.78 is 0. The van der Waals surface area contributed by atoms with Gasteiger partial charge in [0, 0.05) is 33.1 Å². The van der Waals surface area contributed by atoms with Crippen molar-refractivity contribution in [2.45, 2.75) is 52.6 Å². The van der Waals surface area contributed by atoms with Crippen LogP contribution >= 0.6 is 0 Å². The zero-order valence-electron chi connectivity index (χ0n) is 16.7. The van der Waals surface area contributed by atoms with Gasteiger partial charge in [0.1, 0.15) is 0 Å². The van der Waals surface area contributed by atoms with Crippen molar-refractivity contribution in [3.8, 4) is 0 Å². The van der Waals surface area contributed by atoms with Crippen molar-refractivity contribution in [3.05, 3.63) is 35.4 Å². The monoisotopic (exact) mass is 371 g/mol. The molecule has 5 heteroatoms. The number of benzene rings is 1. The van der Waals surface area contributed by atoms with Crippen LogP contribution in [0.2, 0.25) is 0 Å². The zero-order valence-corrected chi connectivity index (χ0v) is 16.7. The van der Waals surface area contributed by atoms with E-state index in [2.05, 4.69) is 35.3 Å². The van der Waals surface area contributed by atoms with Gasteiger partial charge in [-0.15, -0.1) is 0 Å². The number of nitrogens with zero attached hydrogens (tertiary/aromatic N) is 2. The van der Waals surface area contributed by atoms with Gasteiger partial charge in [-0.25, -0.2) is 0 Å². The minimum Gasteiger partial charge on any atom is -0.352 e. The van der Waals surface area contributed by atoms with Gasteiger partial charge in [-0.2, -0.15) is 0 Å². The molecule has 1 N–H and O–H groups in total. The molecule has 1 aromatic rings. The Morgan fingerprint density at radius 3 is 2.48 bits per heavy atom. The summed E-state index contributed by atoms with van der Waals surface area (Å²) in [5, 5.41) is 3.12. The Morgan fingerprint density at radius 1 is 1.07 bits per heavy atom. The van der Waals surface area contributed by atoms with E-state index < -0.39 is 0 Å². The third kappa shape index (κ3) is 5.55. The van der Waals surface area contributed by atoms with Crippen LogP contribution in [0, 0.1) is 11.8 Å². The molecule has 0 spiro atoms. The minimum atomic E-state index is -0.0848. The van der Waals surface area contributed by atoms with Gasteiger partial charge in [0.15, 0.2) is 0 Å². The molecule has 27 heavy (non-hydrogen) atoms. The third-order valence-electron chi connectivity index (χ3n) is 6.08. The molecule has 2 aliphatic rings. The van der Waals surface area contributed by atoms with E-state index in [-0.39, 0.29) is 17.7 Å².